The van der Waals surface area contributed by atoms with E-state index in [0.717, 1.165) is 5.69 Å². The molecule has 0 aliphatic rings. The van der Waals surface area contributed by atoms with E-state index in [4.69, 9.17) is 20.9 Å². The largest absolute Gasteiger partial charge is 0.495 e. The van der Waals surface area contributed by atoms with Gasteiger partial charge >= 0.3 is 10.7 Å². The van der Waals surface area contributed by atoms with Crippen LogP contribution < -0.4 is 20.4 Å². The summed E-state index contributed by atoms with van der Waals surface area (Å²) in [5.74, 6) is 0.701. The van der Waals surface area contributed by atoms with Crippen LogP contribution in [0.3, 0.4) is 0 Å². The van der Waals surface area contributed by atoms with Gasteiger partial charge in [0.1, 0.15) is 5.75 Å². The van der Waals surface area contributed by atoms with Crippen LogP contribution in [0.15, 0.2) is 62.9 Å². The molecule has 3 rings (SSSR count). The number of H-pyrrole nitrogens is 1. The number of nitrogens with one attached hydrogen (secondary N) is 2. The van der Waals surface area contributed by atoms with Gasteiger partial charge in [0.15, 0.2) is 0 Å². The van der Waals surface area contributed by atoms with Crippen molar-refractivity contribution in [3.8, 4) is 11.4 Å². The standard InChI is InChI=1S/C18H16ClN3O4S/c1-25-15-8-7-12(19)11-14(15)20-16(23)9-10-27-17-18(24)26-21-22(17)13-5-3-2-4-6-13/h2-8,11H,9-10H2,1H3,(H-,20,21,23,24)/p+1. The number of rotatable bonds is 7. The van der Waals surface area contributed by atoms with Crippen molar-refractivity contribution < 1.29 is 18.7 Å². The van der Waals surface area contributed by atoms with E-state index in [2.05, 4.69) is 10.6 Å². The third-order valence-electron chi connectivity index (χ3n) is 3.63. The summed E-state index contributed by atoms with van der Waals surface area (Å²) in [6, 6.07) is 14.3. The molecular formula is C18H17ClN3O4S+. The van der Waals surface area contributed by atoms with Crippen molar-refractivity contribution in [3.05, 3.63) is 64.0 Å². The van der Waals surface area contributed by atoms with Crippen molar-refractivity contribution in [2.45, 2.75) is 11.4 Å². The fourth-order valence-corrected chi connectivity index (χ4v) is 3.45. The number of aromatic nitrogens is 2. The van der Waals surface area contributed by atoms with Crippen molar-refractivity contribution in [3.63, 3.8) is 0 Å². The predicted molar refractivity (Wildman–Crippen MR) is 103 cm³/mol. The first kappa shape index (κ1) is 19.1. The maximum atomic E-state index is 12.2. The van der Waals surface area contributed by atoms with Gasteiger partial charge in [0, 0.05) is 29.3 Å². The van der Waals surface area contributed by atoms with Gasteiger partial charge in [0.05, 0.1) is 12.8 Å². The first-order valence-corrected chi connectivity index (χ1v) is 9.40. The number of halogens is 1. The van der Waals surface area contributed by atoms with Gasteiger partial charge in [0.25, 0.3) is 0 Å². The average molecular weight is 407 g/mol. The molecule has 0 fully saturated rings. The van der Waals surface area contributed by atoms with Crippen LogP contribution >= 0.6 is 23.4 Å². The van der Waals surface area contributed by atoms with Crippen LogP contribution in [0.5, 0.6) is 5.75 Å². The molecule has 0 saturated carbocycles. The number of aromatic amines is 1. The minimum atomic E-state index is -0.485. The Morgan fingerprint density at radius 2 is 2.07 bits per heavy atom. The minimum absolute atomic E-state index is 0.194. The highest BCUT2D eigenvalue weighted by Gasteiger charge is 2.23. The summed E-state index contributed by atoms with van der Waals surface area (Å²) >= 11 is 7.19. The molecule has 0 atom stereocenters. The van der Waals surface area contributed by atoms with Crippen LogP contribution in [0, 0.1) is 0 Å². The number of amides is 1. The second-order valence-corrected chi connectivity index (χ2v) is 6.97. The van der Waals surface area contributed by atoms with Crippen LogP contribution in [0.4, 0.5) is 5.69 Å². The smallest absolute Gasteiger partial charge is 0.442 e. The van der Waals surface area contributed by atoms with Crippen molar-refractivity contribution in [1.29, 1.82) is 0 Å². The molecular weight excluding hydrogens is 390 g/mol. The third-order valence-corrected chi connectivity index (χ3v) is 4.89. The summed E-state index contributed by atoms with van der Waals surface area (Å²) in [4.78, 5) is 24.2. The molecule has 7 nitrogen and oxygen atoms in total. The maximum absolute atomic E-state index is 12.2. The molecule has 0 aliphatic heterocycles. The number of para-hydroxylation sites is 1. The molecule has 9 heteroatoms. The Kier molecular flexibility index (Phi) is 6.20. The highest BCUT2D eigenvalue weighted by atomic mass is 35.5. The summed E-state index contributed by atoms with van der Waals surface area (Å²) in [6.07, 6.45) is 0.194. The number of carbonyl (C=O) groups is 1. The number of thioether (sulfide) groups is 1. The van der Waals surface area contributed by atoms with Crippen LogP contribution in [-0.2, 0) is 4.79 Å². The zero-order valence-corrected chi connectivity index (χ0v) is 16.0. The Morgan fingerprint density at radius 3 is 2.81 bits per heavy atom. The van der Waals surface area contributed by atoms with Gasteiger partial charge in [0.2, 0.25) is 11.6 Å². The Labute approximate surface area is 164 Å². The molecule has 3 aromatic rings. The fraction of sp³-hybridized carbons (Fsp3) is 0.167. The Balaban J connectivity index is 1.63. The normalized spacial score (nSPS) is 10.6. The highest BCUT2D eigenvalue weighted by molar-refractivity contribution is 7.99. The second kappa shape index (κ2) is 8.79. The molecule has 1 heterocycles. The lowest BCUT2D eigenvalue weighted by molar-refractivity contribution is -0.704. The van der Waals surface area contributed by atoms with Crippen molar-refractivity contribution in [2.75, 3.05) is 18.2 Å². The number of benzene rings is 2. The number of nitrogens with zero attached hydrogens (tertiary/aromatic N) is 1. The van der Waals surface area contributed by atoms with Gasteiger partial charge in [-0.25, -0.2) is 4.79 Å². The molecule has 0 spiro atoms. The zero-order valence-electron chi connectivity index (χ0n) is 14.4. The SMILES string of the molecule is COc1ccc(Cl)cc1NC(=O)CCSc1c(=O)o[nH][n+]1-c1ccccc1. The minimum Gasteiger partial charge on any atom is -0.495 e. The lowest BCUT2D eigenvalue weighted by Crippen LogP contribution is -2.36. The lowest BCUT2D eigenvalue weighted by atomic mass is 10.3. The van der Waals surface area contributed by atoms with Crippen LogP contribution in [0.1, 0.15) is 6.42 Å². The van der Waals surface area contributed by atoms with E-state index in [1.54, 1.807) is 22.9 Å². The van der Waals surface area contributed by atoms with Gasteiger partial charge in [-0.05, 0) is 39.9 Å². The molecule has 140 valence electrons. The molecule has 0 saturated heterocycles. The quantitative estimate of drug-likeness (QED) is 0.465. The van der Waals surface area contributed by atoms with Crippen molar-refractivity contribution >= 4 is 35.0 Å². The molecule has 0 radical (unpaired) electrons. The number of ether oxygens (including phenoxy) is 1. The summed E-state index contributed by atoms with van der Waals surface area (Å²) in [7, 11) is 1.52. The van der Waals surface area contributed by atoms with E-state index >= 15 is 0 Å². The number of anilines is 1. The van der Waals surface area contributed by atoms with Gasteiger partial charge in [-0.1, -0.05) is 29.8 Å². The number of hydrogen-bond acceptors (Lipinski definition) is 5. The zero-order chi connectivity index (χ0) is 19.2. The summed E-state index contributed by atoms with van der Waals surface area (Å²) in [5.41, 5.74) is 0.778. The van der Waals surface area contributed by atoms with Gasteiger partial charge in [-0.15, -0.1) is 0 Å². The monoisotopic (exact) mass is 406 g/mol. The van der Waals surface area contributed by atoms with Crippen LogP contribution in [0.2, 0.25) is 5.02 Å². The van der Waals surface area contributed by atoms with E-state index in [9.17, 15) is 9.59 Å². The summed E-state index contributed by atoms with van der Waals surface area (Å²) in [5, 5.41) is 6.20. The molecule has 1 aromatic heterocycles. The van der Waals surface area contributed by atoms with Gasteiger partial charge in [-0.2, -0.15) is 0 Å². The van der Waals surface area contributed by atoms with Crippen LogP contribution in [-0.4, -0.2) is 24.0 Å². The molecule has 0 bridgehead atoms. The van der Waals surface area contributed by atoms with E-state index in [1.807, 2.05) is 30.3 Å². The predicted octanol–water partition coefficient (Wildman–Crippen LogP) is 3.03. The molecule has 27 heavy (non-hydrogen) atoms. The molecule has 0 unspecified atom stereocenters. The highest BCUT2D eigenvalue weighted by Crippen LogP contribution is 2.27. The first-order chi connectivity index (χ1) is 13.1. The summed E-state index contributed by atoms with van der Waals surface area (Å²) in [6.45, 7) is 0. The molecule has 2 aromatic carbocycles. The molecule has 2 N–H and O–H groups in total. The van der Waals surface area contributed by atoms with Crippen molar-refractivity contribution in [2.24, 2.45) is 0 Å². The van der Waals surface area contributed by atoms with Crippen LogP contribution in [0.25, 0.3) is 5.69 Å². The third kappa shape index (κ3) is 4.72. The van der Waals surface area contributed by atoms with E-state index in [1.165, 1.54) is 18.9 Å². The molecule has 0 aliphatic carbocycles. The van der Waals surface area contributed by atoms with Crippen molar-refractivity contribution in [1.82, 2.24) is 5.27 Å². The lowest BCUT2D eigenvalue weighted by Gasteiger charge is -2.10. The number of hydrogen-bond donors (Lipinski definition) is 2. The van der Waals surface area contributed by atoms with Gasteiger partial charge in [-0.3, -0.25) is 9.32 Å². The average Bonchev–Trinajstić information content (AvgIpc) is 3.03. The van der Waals surface area contributed by atoms with E-state index < -0.39 is 5.63 Å². The van der Waals surface area contributed by atoms with E-state index in [-0.39, 0.29) is 12.3 Å². The Morgan fingerprint density at radius 1 is 1.30 bits per heavy atom. The van der Waals surface area contributed by atoms with Gasteiger partial charge < -0.3 is 10.1 Å². The van der Waals surface area contributed by atoms with E-state index in [0.29, 0.717) is 27.2 Å². The number of methoxy groups -OCH3 is 1. The first-order valence-electron chi connectivity index (χ1n) is 8.03. The topological polar surface area (TPSA) is 88.2 Å². The second-order valence-electron chi connectivity index (χ2n) is 5.45. The summed E-state index contributed by atoms with van der Waals surface area (Å²) < 4.78 is 11.6. The fourth-order valence-electron chi connectivity index (χ4n) is 2.36. The Hall–Kier alpha value is -2.71. The molecule has 1 amide bonds. The number of carbonyl (C=O) groups excluding carboxylic acids is 1. The Bertz CT molecular complexity index is 988. The maximum Gasteiger partial charge on any atom is 0.442 e.